The van der Waals surface area contributed by atoms with E-state index in [0.717, 1.165) is 11.1 Å². The summed E-state index contributed by atoms with van der Waals surface area (Å²) in [4.78, 5) is 26.7. The van der Waals surface area contributed by atoms with Crippen LogP contribution in [0.5, 0.6) is 0 Å². The summed E-state index contributed by atoms with van der Waals surface area (Å²) in [5, 5.41) is 0. The van der Waals surface area contributed by atoms with Crippen LogP contribution in [-0.4, -0.2) is 52.3 Å². The molecule has 0 radical (unpaired) electrons. The summed E-state index contributed by atoms with van der Waals surface area (Å²) in [5.74, 6) is -0.342. The maximum Gasteiger partial charge on any atom is 0.417 e. The van der Waals surface area contributed by atoms with Crippen molar-refractivity contribution in [3.05, 3.63) is 83.9 Å². The predicted octanol–water partition coefficient (Wildman–Crippen LogP) is 4.38. The van der Waals surface area contributed by atoms with E-state index in [1.54, 1.807) is 24.3 Å². The van der Waals surface area contributed by atoms with Crippen LogP contribution in [0.15, 0.2) is 72.8 Å². The van der Waals surface area contributed by atoms with Gasteiger partial charge in [0.25, 0.3) is 5.91 Å². The summed E-state index contributed by atoms with van der Waals surface area (Å²) < 4.78 is 17.1. The molecule has 6 nitrogen and oxygen atoms in total. The molecule has 31 heavy (non-hydrogen) atoms. The number of rotatable bonds is 7. The van der Waals surface area contributed by atoms with E-state index in [1.807, 2.05) is 36.4 Å². The van der Waals surface area contributed by atoms with Crippen LogP contribution in [0, 0.1) is 0 Å². The number of carbonyl (C=O) groups is 2. The van der Waals surface area contributed by atoms with Crippen molar-refractivity contribution >= 4 is 34.6 Å². The Bertz CT molecular complexity index is 936. The van der Waals surface area contributed by atoms with E-state index in [2.05, 4.69) is 29.2 Å². The Morgan fingerprint density at radius 3 is 2.52 bits per heavy atom. The molecule has 2 saturated heterocycles. The lowest BCUT2D eigenvalue weighted by Gasteiger charge is -2.37. The van der Waals surface area contributed by atoms with Crippen LogP contribution in [0.25, 0.3) is 0 Å². The molecule has 0 unspecified atom stereocenters. The van der Waals surface area contributed by atoms with Gasteiger partial charge in [-0.2, -0.15) is 0 Å². The first-order valence-electron chi connectivity index (χ1n) is 10.2. The second-order valence-electron chi connectivity index (χ2n) is 7.70. The van der Waals surface area contributed by atoms with E-state index in [4.69, 9.17) is 14.2 Å². The summed E-state index contributed by atoms with van der Waals surface area (Å²) >= 11 is 2.26. The Morgan fingerprint density at radius 1 is 1.13 bits per heavy atom. The van der Waals surface area contributed by atoms with E-state index in [-0.39, 0.29) is 28.6 Å². The number of halogens is 1. The zero-order valence-electron chi connectivity index (χ0n) is 17.0. The quantitative estimate of drug-likeness (QED) is 0.300. The highest BCUT2D eigenvalue weighted by molar-refractivity contribution is 14.1. The molecule has 2 heterocycles. The van der Waals surface area contributed by atoms with Gasteiger partial charge in [-0.15, -0.1) is 0 Å². The molecule has 2 amide bonds. The van der Waals surface area contributed by atoms with Crippen molar-refractivity contribution in [3.8, 4) is 0 Å². The van der Waals surface area contributed by atoms with Crippen molar-refractivity contribution in [2.75, 3.05) is 13.2 Å². The molecule has 162 valence electrons. The number of benzene rings is 2. The number of carbonyl (C=O) groups excluding carboxylic acids is 2. The SMILES string of the molecule is C=C(COCc1ccccc1)C[C@H]1OC[C@H]2OC(=O)N(C(=O)c3ccccc3)[C@H]2[C@@H]1I. The maximum absolute atomic E-state index is 13.0. The number of hydrogen-bond donors (Lipinski definition) is 0. The van der Waals surface area contributed by atoms with Crippen molar-refractivity contribution < 1.29 is 23.8 Å². The molecule has 0 N–H and O–H groups in total. The van der Waals surface area contributed by atoms with Crippen LogP contribution < -0.4 is 0 Å². The van der Waals surface area contributed by atoms with Gasteiger partial charge in [-0.1, -0.05) is 77.7 Å². The molecular weight excluding hydrogens is 509 g/mol. The molecule has 2 aliphatic rings. The molecule has 0 bridgehead atoms. The topological polar surface area (TPSA) is 65.1 Å². The van der Waals surface area contributed by atoms with E-state index >= 15 is 0 Å². The Morgan fingerprint density at radius 2 is 1.81 bits per heavy atom. The van der Waals surface area contributed by atoms with Gasteiger partial charge in [0.1, 0.15) is 6.10 Å². The number of alkyl halides is 1. The van der Waals surface area contributed by atoms with Gasteiger partial charge in [-0.3, -0.25) is 4.79 Å². The number of hydrogen-bond acceptors (Lipinski definition) is 5. The Balaban J connectivity index is 1.37. The molecule has 2 aromatic carbocycles. The zero-order chi connectivity index (χ0) is 21.8. The Kier molecular flexibility index (Phi) is 7.04. The third-order valence-electron chi connectivity index (χ3n) is 5.43. The van der Waals surface area contributed by atoms with E-state index in [9.17, 15) is 9.59 Å². The second-order valence-corrected chi connectivity index (χ2v) is 9.14. The number of amides is 2. The highest BCUT2D eigenvalue weighted by atomic mass is 127. The summed E-state index contributed by atoms with van der Waals surface area (Å²) in [5.41, 5.74) is 2.48. The van der Waals surface area contributed by atoms with Gasteiger partial charge < -0.3 is 14.2 Å². The largest absolute Gasteiger partial charge is 0.441 e. The first-order valence-corrected chi connectivity index (χ1v) is 11.4. The minimum Gasteiger partial charge on any atom is -0.441 e. The molecule has 4 rings (SSSR count). The fourth-order valence-corrected chi connectivity index (χ4v) is 5.14. The minimum absolute atomic E-state index is 0.124. The molecule has 4 atom stereocenters. The smallest absolute Gasteiger partial charge is 0.417 e. The minimum atomic E-state index is -0.611. The highest BCUT2D eigenvalue weighted by Crippen LogP contribution is 2.36. The summed E-state index contributed by atoms with van der Waals surface area (Å²) in [6.45, 7) is 5.33. The van der Waals surface area contributed by atoms with Gasteiger partial charge in [0.15, 0.2) is 0 Å². The third-order valence-corrected chi connectivity index (χ3v) is 6.97. The predicted molar refractivity (Wildman–Crippen MR) is 124 cm³/mol. The van der Waals surface area contributed by atoms with Crippen molar-refractivity contribution in [2.24, 2.45) is 0 Å². The van der Waals surface area contributed by atoms with Crippen LogP contribution in [0.4, 0.5) is 4.79 Å². The van der Waals surface area contributed by atoms with Crippen LogP contribution in [0.2, 0.25) is 0 Å². The Hall–Kier alpha value is -2.23. The van der Waals surface area contributed by atoms with E-state index in [0.29, 0.717) is 25.2 Å². The molecule has 0 saturated carbocycles. The van der Waals surface area contributed by atoms with E-state index in [1.165, 1.54) is 4.90 Å². The van der Waals surface area contributed by atoms with Gasteiger partial charge in [0.2, 0.25) is 0 Å². The fourth-order valence-electron chi connectivity index (χ4n) is 3.89. The average Bonchev–Trinajstić information content (AvgIpc) is 3.13. The van der Waals surface area contributed by atoms with Crippen LogP contribution in [0.3, 0.4) is 0 Å². The zero-order valence-corrected chi connectivity index (χ0v) is 19.1. The monoisotopic (exact) mass is 533 g/mol. The van der Waals surface area contributed by atoms with Gasteiger partial charge in [0.05, 0.1) is 35.9 Å². The van der Waals surface area contributed by atoms with Gasteiger partial charge in [-0.25, -0.2) is 9.69 Å². The van der Waals surface area contributed by atoms with Gasteiger partial charge in [0, 0.05) is 5.56 Å². The maximum atomic E-state index is 13.0. The lowest BCUT2D eigenvalue weighted by molar-refractivity contribution is -0.0493. The van der Waals surface area contributed by atoms with Gasteiger partial charge >= 0.3 is 6.09 Å². The van der Waals surface area contributed by atoms with Crippen molar-refractivity contribution in [3.63, 3.8) is 0 Å². The molecule has 0 aliphatic carbocycles. The Labute approximate surface area is 195 Å². The van der Waals surface area contributed by atoms with E-state index < -0.39 is 12.2 Å². The molecule has 0 spiro atoms. The molecule has 2 fully saturated rings. The van der Waals surface area contributed by atoms with Crippen molar-refractivity contribution in [1.82, 2.24) is 4.90 Å². The number of nitrogens with zero attached hydrogens (tertiary/aromatic N) is 1. The first kappa shape index (κ1) is 22.0. The van der Waals surface area contributed by atoms with Crippen LogP contribution in [-0.2, 0) is 20.8 Å². The summed E-state index contributed by atoms with van der Waals surface area (Å²) in [6.07, 6.45) is -0.663. The van der Waals surface area contributed by atoms with Crippen LogP contribution in [0.1, 0.15) is 22.3 Å². The molecule has 2 aromatic rings. The number of imide groups is 1. The normalized spacial score (nSPS) is 25.1. The van der Waals surface area contributed by atoms with Crippen molar-refractivity contribution in [1.29, 1.82) is 0 Å². The summed E-state index contributed by atoms with van der Waals surface area (Å²) in [6, 6.07) is 18.4. The lowest BCUT2D eigenvalue weighted by Crippen LogP contribution is -2.55. The van der Waals surface area contributed by atoms with Crippen molar-refractivity contribution in [2.45, 2.75) is 35.2 Å². The molecule has 0 aromatic heterocycles. The average molecular weight is 533 g/mol. The molecular formula is C24H24INO5. The lowest BCUT2D eigenvalue weighted by atomic mass is 9.95. The third kappa shape index (κ3) is 4.99. The molecule has 2 aliphatic heterocycles. The fraction of sp³-hybridized carbons (Fsp3) is 0.333. The van der Waals surface area contributed by atoms with Crippen LogP contribution >= 0.6 is 22.6 Å². The molecule has 7 heteroatoms. The summed E-state index contributed by atoms with van der Waals surface area (Å²) in [7, 11) is 0. The second kappa shape index (κ2) is 9.93. The number of ether oxygens (including phenoxy) is 3. The standard InChI is InChI=1S/C24H24INO5/c1-16(13-29-14-17-8-4-2-5-9-17)12-19-21(25)22-20(15-30-19)31-24(28)26(22)23(27)18-10-6-3-7-11-18/h2-11,19-22H,1,12-15H2/t19-,20-,21-,22-/m1/s1. The highest BCUT2D eigenvalue weighted by Gasteiger charge is 2.53. The first-order chi connectivity index (χ1) is 15.0. The number of fused-ring (bicyclic) bond motifs is 1. The van der Waals surface area contributed by atoms with Gasteiger partial charge in [-0.05, 0) is 29.7 Å².